The number of hydrogen-bond acceptors (Lipinski definition) is 2. The highest BCUT2D eigenvalue weighted by molar-refractivity contribution is 9.10. The van der Waals surface area contributed by atoms with E-state index in [-0.39, 0.29) is 5.69 Å². The van der Waals surface area contributed by atoms with Crippen LogP contribution in [0.1, 0.15) is 18.4 Å². The molecule has 1 aromatic carbocycles. The highest BCUT2D eigenvalue weighted by atomic mass is 79.9. The van der Waals surface area contributed by atoms with E-state index >= 15 is 0 Å². The minimum absolute atomic E-state index is 0.0741. The van der Waals surface area contributed by atoms with Crippen molar-refractivity contribution in [1.82, 2.24) is 0 Å². The van der Waals surface area contributed by atoms with Gasteiger partial charge in [-0.2, -0.15) is 13.2 Å². The molecule has 110 valence electrons. The van der Waals surface area contributed by atoms with Crippen LogP contribution >= 0.6 is 15.9 Å². The lowest BCUT2D eigenvalue weighted by molar-refractivity contribution is -0.138. The highest BCUT2D eigenvalue weighted by Crippen LogP contribution is 2.40. The van der Waals surface area contributed by atoms with E-state index in [0.717, 1.165) is 18.9 Å². The van der Waals surface area contributed by atoms with E-state index in [1.165, 1.54) is 17.0 Å². The van der Waals surface area contributed by atoms with Gasteiger partial charge in [0.05, 0.1) is 5.56 Å². The quantitative estimate of drug-likeness (QED) is 0.877. The molecule has 1 aromatic rings. The number of rotatable bonds is 5. The molecule has 0 bridgehead atoms. The van der Waals surface area contributed by atoms with Gasteiger partial charge in [-0.05, 0) is 37.0 Å². The van der Waals surface area contributed by atoms with Gasteiger partial charge >= 0.3 is 12.1 Å². The average Bonchev–Trinajstić information content (AvgIpc) is 3.10. The standard InChI is InChI=1S/C13H13BrF3NO2/c14-9-3-4-11(10(5-9)13(15,16)17)18(7-12(19)20)6-8-1-2-8/h3-5,8H,1-2,6-7H2,(H,19,20). The van der Waals surface area contributed by atoms with E-state index in [9.17, 15) is 18.0 Å². The molecule has 0 atom stereocenters. The van der Waals surface area contributed by atoms with E-state index in [4.69, 9.17) is 5.11 Å². The Kier molecular flexibility index (Phi) is 4.27. The number of alkyl halides is 3. The summed E-state index contributed by atoms with van der Waals surface area (Å²) in [6, 6.07) is 3.79. The fourth-order valence-electron chi connectivity index (χ4n) is 2.03. The van der Waals surface area contributed by atoms with E-state index < -0.39 is 24.3 Å². The second-order valence-electron chi connectivity index (χ2n) is 4.88. The summed E-state index contributed by atoms with van der Waals surface area (Å²) < 4.78 is 39.6. The SMILES string of the molecule is O=C(O)CN(CC1CC1)c1ccc(Br)cc1C(F)(F)F. The van der Waals surface area contributed by atoms with Gasteiger partial charge in [-0.1, -0.05) is 15.9 Å². The second-order valence-corrected chi connectivity index (χ2v) is 5.79. The Balaban J connectivity index is 2.37. The monoisotopic (exact) mass is 351 g/mol. The van der Waals surface area contributed by atoms with E-state index in [2.05, 4.69) is 15.9 Å². The first-order valence-electron chi connectivity index (χ1n) is 6.11. The molecule has 1 saturated carbocycles. The third-order valence-corrected chi connectivity index (χ3v) is 3.60. The first-order valence-corrected chi connectivity index (χ1v) is 6.90. The van der Waals surface area contributed by atoms with Gasteiger partial charge in [-0.3, -0.25) is 4.79 Å². The maximum absolute atomic E-state index is 13.1. The molecule has 20 heavy (non-hydrogen) atoms. The number of hydrogen-bond donors (Lipinski definition) is 1. The van der Waals surface area contributed by atoms with Crippen LogP contribution in [-0.4, -0.2) is 24.2 Å². The molecule has 1 aliphatic rings. The third-order valence-electron chi connectivity index (χ3n) is 3.11. The number of carboxylic acid groups (broad SMARTS) is 1. The molecule has 0 saturated heterocycles. The number of anilines is 1. The maximum Gasteiger partial charge on any atom is 0.418 e. The van der Waals surface area contributed by atoms with Gasteiger partial charge < -0.3 is 10.0 Å². The summed E-state index contributed by atoms with van der Waals surface area (Å²) in [6.45, 7) is -0.0851. The Morgan fingerprint density at radius 1 is 1.40 bits per heavy atom. The predicted octanol–water partition coefficient (Wildman–Crippen LogP) is 3.77. The minimum Gasteiger partial charge on any atom is -0.480 e. The van der Waals surface area contributed by atoms with Crippen LogP contribution in [0.5, 0.6) is 0 Å². The lowest BCUT2D eigenvalue weighted by atomic mass is 10.1. The van der Waals surface area contributed by atoms with Crippen molar-refractivity contribution in [2.75, 3.05) is 18.0 Å². The molecule has 1 aliphatic carbocycles. The minimum atomic E-state index is -4.51. The number of carbonyl (C=O) groups is 1. The van der Waals surface area contributed by atoms with Crippen molar-refractivity contribution < 1.29 is 23.1 Å². The fraction of sp³-hybridized carbons (Fsp3) is 0.462. The summed E-state index contributed by atoms with van der Waals surface area (Å²) in [5.74, 6) is -0.847. The molecule has 2 rings (SSSR count). The molecule has 0 heterocycles. The first kappa shape index (κ1) is 15.2. The number of benzene rings is 1. The third kappa shape index (κ3) is 3.88. The second kappa shape index (κ2) is 5.63. The summed E-state index contributed by atoms with van der Waals surface area (Å²) in [7, 11) is 0. The largest absolute Gasteiger partial charge is 0.480 e. The van der Waals surface area contributed by atoms with Gasteiger partial charge in [0.15, 0.2) is 0 Å². The van der Waals surface area contributed by atoms with Gasteiger partial charge in [0.2, 0.25) is 0 Å². The first-order chi connectivity index (χ1) is 9.27. The van der Waals surface area contributed by atoms with Crippen molar-refractivity contribution in [2.45, 2.75) is 19.0 Å². The molecule has 1 fully saturated rings. The number of aliphatic carboxylic acids is 1. The van der Waals surface area contributed by atoms with Crippen molar-refractivity contribution >= 4 is 27.6 Å². The van der Waals surface area contributed by atoms with E-state index in [0.29, 0.717) is 16.9 Å². The Bertz CT molecular complexity index is 515. The van der Waals surface area contributed by atoms with Gasteiger partial charge in [0.1, 0.15) is 6.54 Å². The predicted molar refractivity (Wildman–Crippen MR) is 71.7 cm³/mol. The molecule has 0 amide bonds. The van der Waals surface area contributed by atoms with Crippen LogP contribution in [0.15, 0.2) is 22.7 Å². The zero-order valence-electron chi connectivity index (χ0n) is 10.5. The smallest absolute Gasteiger partial charge is 0.418 e. The van der Waals surface area contributed by atoms with Gasteiger partial charge in [-0.25, -0.2) is 0 Å². The van der Waals surface area contributed by atoms with Crippen LogP contribution in [0.3, 0.4) is 0 Å². The number of nitrogens with zero attached hydrogens (tertiary/aromatic N) is 1. The number of halogens is 4. The zero-order valence-corrected chi connectivity index (χ0v) is 12.0. The molecular weight excluding hydrogens is 339 g/mol. The summed E-state index contributed by atoms with van der Waals surface area (Å²) in [4.78, 5) is 12.2. The molecule has 0 aromatic heterocycles. The van der Waals surface area contributed by atoms with Crippen LogP contribution in [0.4, 0.5) is 18.9 Å². The van der Waals surface area contributed by atoms with Crippen LogP contribution in [0.2, 0.25) is 0 Å². The summed E-state index contributed by atoms with van der Waals surface area (Å²) in [6.07, 6.45) is -2.64. The van der Waals surface area contributed by atoms with Crippen LogP contribution < -0.4 is 4.90 Å². The highest BCUT2D eigenvalue weighted by Gasteiger charge is 2.36. The fourth-order valence-corrected chi connectivity index (χ4v) is 2.40. The molecule has 0 unspecified atom stereocenters. The Morgan fingerprint density at radius 3 is 2.55 bits per heavy atom. The van der Waals surface area contributed by atoms with Crippen LogP contribution in [0.25, 0.3) is 0 Å². The van der Waals surface area contributed by atoms with E-state index in [1.807, 2.05) is 0 Å². The number of carboxylic acids is 1. The van der Waals surface area contributed by atoms with Crippen molar-refractivity contribution in [3.05, 3.63) is 28.2 Å². The van der Waals surface area contributed by atoms with Crippen molar-refractivity contribution in [1.29, 1.82) is 0 Å². The Labute approximate surface area is 122 Å². The van der Waals surface area contributed by atoms with Gasteiger partial charge in [0.25, 0.3) is 0 Å². The van der Waals surface area contributed by atoms with Crippen molar-refractivity contribution in [2.24, 2.45) is 5.92 Å². The molecule has 3 nitrogen and oxygen atoms in total. The van der Waals surface area contributed by atoms with Gasteiger partial charge in [-0.15, -0.1) is 0 Å². The molecule has 1 N–H and O–H groups in total. The van der Waals surface area contributed by atoms with Crippen LogP contribution in [-0.2, 0) is 11.0 Å². The lowest BCUT2D eigenvalue weighted by Gasteiger charge is -2.26. The van der Waals surface area contributed by atoms with Crippen molar-refractivity contribution in [3.63, 3.8) is 0 Å². The van der Waals surface area contributed by atoms with E-state index in [1.54, 1.807) is 0 Å². The average molecular weight is 352 g/mol. The van der Waals surface area contributed by atoms with Crippen LogP contribution in [0, 0.1) is 5.92 Å². The molecule has 7 heteroatoms. The topological polar surface area (TPSA) is 40.5 Å². The summed E-state index contributed by atoms with van der Waals surface area (Å²) in [5.41, 5.74) is -0.885. The Morgan fingerprint density at radius 2 is 2.05 bits per heavy atom. The molecule has 0 radical (unpaired) electrons. The maximum atomic E-state index is 13.1. The summed E-state index contributed by atoms with van der Waals surface area (Å²) >= 11 is 3.02. The molecule has 0 spiro atoms. The van der Waals surface area contributed by atoms with Gasteiger partial charge in [0, 0.05) is 16.7 Å². The molecule has 0 aliphatic heterocycles. The normalized spacial score (nSPS) is 15.2. The zero-order chi connectivity index (χ0) is 14.9. The molecular formula is C13H13BrF3NO2. The van der Waals surface area contributed by atoms with Crippen molar-refractivity contribution in [3.8, 4) is 0 Å². The lowest BCUT2D eigenvalue weighted by Crippen LogP contribution is -2.33. The summed E-state index contributed by atoms with van der Waals surface area (Å²) in [5, 5.41) is 8.89. The Hall–Kier alpha value is -1.24.